The van der Waals surface area contributed by atoms with E-state index < -0.39 is 0 Å². The highest BCUT2D eigenvalue weighted by molar-refractivity contribution is 6.25. The number of carbonyl (C=O) groups is 1. The van der Waals surface area contributed by atoms with Gasteiger partial charge in [-0.1, -0.05) is 48.6 Å². The maximum atomic E-state index is 13.3. The summed E-state index contributed by atoms with van der Waals surface area (Å²) in [6.45, 7) is 2.02. The van der Waals surface area contributed by atoms with Crippen molar-refractivity contribution in [2.45, 2.75) is 37.6 Å². The lowest BCUT2D eigenvalue weighted by molar-refractivity contribution is -0.245. The molecule has 2 aromatic rings. The molecule has 2 fully saturated rings. The van der Waals surface area contributed by atoms with Crippen molar-refractivity contribution < 1.29 is 9.90 Å². The third-order valence-corrected chi connectivity index (χ3v) is 6.00. The van der Waals surface area contributed by atoms with Gasteiger partial charge in [0.2, 0.25) is 0 Å². The van der Waals surface area contributed by atoms with E-state index in [0.717, 1.165) is 36.7 Å². The van der Waals surface area contributed by atoms with E-state index in [-0.39, 0.29) is 17.1 Å². The number of benzene rings is 2. The average Bonchev–Trinajstić information content (AvgIpc) is 3.42. The van der Waals surface area contributed by atoms with Gasteiger partial charge >= 0.3 is 0 Å². The summed E-state index contributed by atoms with van der Waals surface area (Å²) in [6, 6.07) is 11.6. The Hall–Kier alpha value is -2.13. The summed E-state index contributed by atoms with van der Waals surface area (Å²) < 4.78 is 0. The van der Waals surface area contributed by atoms with E-state index in [2.05, 4.69) is 4.90 Å². The predicted octanol–water partition coefficient (Wildman–Crippen LogP) is 3.13. The summed E-state index contributed by atoms with van der Waals surface area (Å²) >= 11 is 0. The van der Waals surface area contributed by atoms with Crippen LogP contribution in [0.4, 0.5) is 0 Å². The minimum atomic E-state index is -0.287. The van der Waals surface area contributed by atoms with Crippen molar-refractivity contribution in [2.75, 3.05) is 13.1 Å². The lowest BCUT2D eigenvalue weighted by atomic mass is 9.82. The van der Waals surface area contributed by atoms with Gasteiger partial charge in [0, 0.05) is 16.7 Å². The average molecular weight is 318 g/mol. The second-order valence-corrected chi connectivity index (χ2v) is 7.32. The number of nitrogens with zero attached hydrogens (tertiary/aromatic N) is 1. The number of ketones is 1. The van der Waals surface area contributed by atoms with Gasteiger partial charge in [-0.25, -0.2) is 0 Å². The third kappa shape index (κ3) is 1.79. The molecule has 0 N–H and O–H groups in total. The molecule has 0 spiro atoms. The molecule has 122 valence electrons. The summed E-state index contributed by atoms with van der Waals surface area (Å²) in [7, 11) is 0. The molecule has 0 aromatic heterocycles. The van der Waals surface area contributed by atoms with Gasteiger partial charge < -0.3 is 5.11 Å². The fourth-order valence-corrected chi connectivity index (χ4v) is 4.68. The van der Waals surface area contributed by atoms with Crippen LogP contribution in [-0.2, 0) is 0 Å². The van der Waals surface area contributed by atoms with Crippen LogP contribution < -0.4 is 5.11 Å². The van der Waals surface area contributed by atoms with Crippen molar-refractivity contribution in [2.24, 2.45) is 0 Å². The fraction of sp³-hybridized carbons (Fsp3) is 0.381. The Morgan fingerprint density at radius 2 is 1.58 bits per heavy atom. The number of hydrogen-bond donors (Lipinski definition) is 0. The van der Waals surface area contributed by atoms with Crippen LogP contribution in [0.2, 0.25) is 0 Å². The normalized spacial score (nSPS) is 22.9. The summed E-state index contributed by atoms with van der Waals surface area (Å²) in [5, 5.41) is 15.1. The Morgan fingerprint density at radius 3 is 2.25 bits per heavy atom. The molecule has 1 heterocycles. The molecule has 1 saturated heterocycles. The van der Waals surface area contributed by atoms with Gasteiger partial charge in [0.25, 0.3) is 0 Å². The summed E-state index contributed by atoms with van der Waals surface area (Å²) in [4.78, 5) is 15.7. The minimum absolute atomic E-state index is 0.0348. The van der Waals surface area contributed by atoms with Crippen molar-refractivity contribution in [1.29, 1.82) is 0 Å². The van der Waals surface area contributed by atoms with Gasteiger partial charge in [-0.15, -0.1) is 0 Å². The van der Waals surface area contributed by atoms with Gasteiger partial charge in [0.15, 0.2) is 5.78 Å². The molecular weight excluding hydrogens is 298 g/mol. The predicted molar refractivity (Wildman–Crippen MR) is 92.6 cm³/mol. The molecule has 0 radical (unpaired) electrons. The zero-order valence-corrected chi connectivity index (χ0v) is 13.7. The number of hydrogen-bond acceptors (Lipinski definition) is 3. The number of rotatable bonds is 2. The largest absolute Gasteiger partial charge is 0.872 e. The van der Waals surface area contributed by atoms with E-state index in [1.807, 2.05) is 36.4 Å². The van der Waals surface area contributed by atoms with E-state index in [9.17, 15) is 9.90 Å². The SMILES string of the molecule is O=C1C(C2(N3CCCCC3)CC2)=C([O-])c2cccc3cccc1c23. The first-order chi connectivity index (χ1) is 11.7. The first-order valence-corrected chi connectivity index (χ1v) is 8.96. The fourth-order valence-electron chi connectivity index (χ4n) is 4.68. The van der Waals surface area contributed by atoms with Crippen molar-refractivity contribution in [1.82, 2.24) is 4.90 Å². The molecule has 0 bridgehead atoms. The highest BCUT2D eigenvalue weighted by Crippen LogP contribution is 2.53. The van der Waals surface area contributed by atoms with Crippen LogP contribution in [0.25, 0.3) is 16.5 Å². The Labute approximate surface area is 141 Å². The van der Waals surface area contributed by atoms with Crippen LogP contribution in [0.15, 0.2) is 42.0 Å². The smallest absolute Gasteiger partial charge is 0.190 e. The molecule has 3 heteroatoms. The lowest BCUT2D eigenvalue weighted by Gasteiger charge is -2.40. The van der Waals surface area contributed by atoms with E-state index in [1.54, 1.807) is 0 Å². The quantitative estimate of drug-likeness (QED) is 0.854. The molecule has 3 aliphatic rings. The summed E-state index contributed by atoms with van der Waals surface area (Å²) in [5.74, 6) is -0.0697. The van der Waals surface area contributed by atoms with E-state index in [4.69, 9.17) is 0 Å². The molecule has 0 unspecified atom stereocenters. The number of likely N-dealkylation sites (tertiary alicyclic amines) is 1. The molecule has 5 rings (SSSR count). The van der Waals surface area contributed by atoms with Crippen LogP contribution in [-0.4, -0.2) is 29.3 Å². The van der Waals surface area contributed by atoms with E-state index >= 15 is 0 Å². The Morgan fingerprint density at radius 1 is 0.917 bits per heavy atom. The number of Topliss-reactive ketones (excluding diaryl/α,β-unsaturated/α-hetero) is 1. The van der Waals surface area contributed by atoms with Crippen LogP contribution in [0.5, 0.6) is 0 Å². The molecule has 1 saturated carbocycles. The van der Waals surface area contributed by atoms with Crippen LogP contribution >= 0.6 is 0 Å². The van der Waals surface area contributed by atoms with Gasteiger partial charge in [0.05, 0.1) is 0 Å². The first-order valence-electron chi connectivity index (χ1n) is 8.96. The maximum absolute atomic E-state index is 13.3. The molecular formula is C21H20NO2-. The van der Waals surface area contributed by atoms with Crippen molar-refractivity contribution in [3.63, 3.8) is 0 Å². The van der Waals surface area contributed by atoms with Gasteiger partial charge in [0.1, 0.15) is 0 Å². The maximum Gasteiger partial charge on any atom is 0.190 e. The van der Waals surface area contributed by atoms with Crippen LogP contribution in [0.3, 0.4) is 0 Å². The van der Waals surface area contributed by atoms with E-state index in [1.165, 1.54) is 19.3 Å². The van der Waals surface area contributed by atoms with Crippen LogP contribution in [0.1, 0.15) is 48.0 Å². The molecule has 24 heavy (non-hydrogen) atoms. The van der Waals surface area contributed by atoms with Crippen molar-refractivity contribution in [3.05, 3.63) is 53.1 Å². The summed E-state index contributed by atoms with van der Waals surface area (Å²) in [5.41, 5.74) is 1.67. The Bertz CT molecular complexity index is 881. The molecule has 2 aromatic carbocycles. The number of carbonyl (C=O) groups excluding carboxylic acids is 1. The molecule has 0 amide bonds. The first kappa shape index (κ1) is 14.2. The minimum Gasteiger partial charge on any atom is -0.872 e. The van der Waals surface area contributed by atoms with E-state index in [0.29, 0.717) is 16.7 Å². The zero-order chi connectivity index (χ0) is 16.3. The standard InChI is InChI=1S/C21H21NO2/c23-19-15-8-4-6-14-7-5-9-16(17(14)15)20(24)18(19)21(10-11-21)22-12-2-1-3-13-22/h4-9,23H,1-3,10-13H2/p-1. The monoisotopic (exact) mass is 318 g/mol. The second kappa shape index (κ2) is 4.93. The highest BCUT2D eigenvalue weighted by atomic mass is 16.3. The highest BCUT2D eigenvalue weighted by Gasteiger charge is 2.54. The van der Waals surface area contributed by atoms with Crippen LogP contribution in [0, 0.1) is 0 Å². The Balaban J connectivity index is 1.72. The Kier molecular flexibility index (Phi) is 2.93. The van der Waals surface area contributed by atoms with Gasteiger partial charge in [-0.2, -0.15) is 0 Å². The van der Waals surface area contributed by atoms with Gasteiger partial charge in [-0.3, -0.25) is 9.69 Å². The molecule has 1 aliphatic heterocycles. The van der Waals surface area contributed by atoms with Gasteiger partial charge in [-0.05, 0) is 55.1 Å². The van der Waals surface area contributed by atoms with Crippen molar-refractivity contribution >= 4 is 22.3 Å². The zero-order valence-electron chi connectivity index (χ0n) is 13.7. The van der Waals surface area contributed by atoms with Crippen molar-refractivity contribution in [3.8, 4) is 0 Å². The molecule has 0 atom stereocenters. The third-order valence-electron chi connectivity index (χ3n) is 6.00. The lowest BCUT2D eigenvalue weighted by Crippen LogP contribution is -2.45. The number of piperidine rings is 1. The molecule has 3 nitrogen and oxygen atoms in total. The summed E-state index contributed by atoms with van der Waals surface area (Å²) in [6.07, 6.45) is 5.48. The molecule has 2 aliphatic carbocycles. The second-order valence-electron chi connectivity index (χ2n) is 7.32. The topological polar surface area (TPSA) is 43.4 Å².